The van der Waals surface area contributed by atoms with Crippen LogP contribution in [-0.4, -0.2) is 52.5 Å². The fourth-order valence-corrected chi connectivity index (χ4v) is 6.48. The number of benzene rings is 2. The fraction of sp³-hybridized carbons (Fsp3) is 0.480. The minimum Gasteiger partial charge on any atom is -0.490 e. The van der Waals surface area contributed by atoms with Gasteiger partial charge in [0, 0.05) is 18.3 Å². The summed E-state index contributed by atoms with van der Waals surface area (Å²) < 4.78 is 41.0. The summed E-state index contributed by atoms with van der Waals surface area (Å²) in [6.45, 7) is 4.49. The van der Waals surface area contributed by atoms with Crippen LogP contribution in [0.4, 0.5) is 11.4 Å². The van der Waals surface area contributed by atoms with Gasteiger partial charge >= 0.3 is 5.97 Å². The predicted molar refractivity (Wildman–Crippen MR) is 140 cm³/mol. The largest absolute Gasteiger partial charge is 0.490 e. The van der Waals surface area contributed by atoms with Crippen molar-refractivity contribution in [3.8, 4) is 5.75 Å². The lowest BCUT2D eigenvalue weighted by atomic mass is 9.89. The summed E-state index contributed by atoms with van der Waals surface area (Å²) in [7, 11) is -2.62. The van der Waals surface area contributed by atoms with E-state index in [1.807, 2.05) is 49.6 Å². The zero-order valence-corrected chi connectivity index (χ0v) is 22.4. The molecular weight excluding hydrogens is 486 g/mol. The summed E-state index contributed by atoms with van der Waals surface area (Å²) in [6.07, 6.45) is 5.14. The van der Waals surface area contributed by atoms with Crippen molar-refractivity contribution in [2.24, 2.45) is 5.73 Å². The number of para-hydroxylation sites is 1. The highest BCUT2D eigenvalue weighted by Gasteiger charge is 2.41. The van der Waals surface area contributed by atoms with Crippen LogP contribution in [-0.2, 0) is 19.6 Å². The van der Waals surface area contributed by atoms with Gasteiger partial charge in [0.1, 0.15) is 23.3 Å². The number of carbonyl (C=O) groups is 1. The average Bonchev–Trinajstić information content (AvgIpc) is 2.97. The molecule has 192 valence electrons. The number of hydrogen-bond acceptors (Lipinski definition) is 8. The van der Waals surface area contributed by atoms with Gasteiger partial charge in [-0.3, -0.25) is 4.79 Å². The number of unbranched alkanes of at least 4 members (excludes halogenated alkanes) is 1. The first kappa shape index (κ1) is 27.3. The Kier molecular flexibility index (Phi) is 9.09. The number of sulfonamides is 1. The highest BCUT2D eigenvalue weighted by molar-refractivity contribution is 7.98. The van der Waals surface area contributed by atoms with E-state index in [-0.39, 0.29) is 11.5 Å². The molecule has 2 aromatic carbocycles. The van der Waals surface area contributed by atoms with Gasteiger partial charge < -0.3 is 20.1 Å². The van der Waals surface area contributed by atoms with Crippen LogP contribution in [0.3, 0.4) is 0 Å². The molecule has 1 aliphatic rings. The minimum atomic E-state index is -3.88. The highest BCUT2D eigenvalue weighted by Crippen LogP contribution is 2.43. The fourth-order valence-electron chi connectivity index (χ4n) is 4.23. The zero-order valence-electron chi connectivity index (χ0n) is 20.7. The van der Waals surface area contributed by atoms with Crippen LogP contribution in [0.1, 0.15) is 39.5 Å². The molecule has 2 aromatic rings. The number of thioether (sulfide) groups is 1. The van der Waals surface area contributed by atoms with E-state index in [1.165, 1.54) is 24.9 Å². The molecule has 0 radical (unpaired) electrons. The smallest absolute Gasteiger partial charge is 0.326 e. The molecule has 3 N–H and O–H groups in total. The standard InChI is InChI=1S/C25H35N3O5S2/c1-5-7-13-25(6-2)17-28(18-11-9-8-10-12-18)20-14-22(34-4)21(15-23(20)35(30,31)27-25)33-16-19(26)24(29)32-3/h8-12,14-15,19,27H,5-7,13,16-17,26H2,1-4H3. The molecule has 0 aliphatic carbocycles. The molecule has 2 unspecified atom stereocenters. The van der Waals surface area contributed by atoms with Crippen molar-refractivity contribution in [2.75, 3.05) is 31.4 Å². The average molecular weight is 522 g/mol. The maximum absolute atomic E-state index is 13.8. The molecule has 0 bridgehead atoms. The lowest BCUT2D eigenvalue weighted by Gasteiger charge is -2.36. The van der Waals surface area contributed by atoms with Gasteiger partial charge in [-0.25, -0.2) is 13.1 Å². The van der Waals surface area contributed by atoms with Crippen LogP contribution < -0.4 is 20.1 Å². The van der Waals surface area contributed by atoms with E-state index in [1.54, 1.807) is 0 Å². The first-order valence-corrected chi connectivity index (χ1v) is 14.5. The number of nitrogens with zero attached hydrogens (tertiary/aromatic N) is 1. The topological polar surface area (TPSA) is 111 Å². The Balaban J connectivity index is 2.16. The molecule has 0 saturated heterocycles. The van der Waals surface area contributed by atoms with Gasteiger partial charge in [0.05, 0.1) is 23.2 Å². The van der Waals surface area contributed by atoms with Crippen LogP contribution in [0.2, 0.25) is 0 Å². The van der Waals surface area contributed by atoms with Crippen molar-refractivity contribution in [3.63, 3.8) is 0 Å². The summed E-state index contributed by atoms with van der Waals surface area (Å²) in [6, 6.07) is 12.2. The number of methoxy groups -OCH3 is 1. The van der Waals surface area contributed by atoms with E-state index >= 15 is 0 Å². The van der Waals surface area contributed by atoms with E-state index < -0.39 is 27.6 Å². The molecule has 3 rings (SSSR count). The third kappa shape index (κ3) is 6.11. The van der Waals surface area contributed by atoms with Crippen molar-refractivity contribution in [1.29, 1.82) is 0 Å². The number of anilines is 2. The van der Waals surface area contributed by atoms with Gasteiger partial charge in [0.15, 0.2) is 0 Å². The Morgan fingerprint density at radius 2 is 1.97 bits per heavy atom. The van der Waals surface area contributed by atoms with Crippen molar-refractivity contribution in [2.45, 2.75) is 60.9 Å². The summed E-state index contributed by atoms with van der Waals surface area (Å²) in [5.74, 6) is -0.245. The Labute approximate surface area is 212 Å². The van der Waals surface area contributed by atoms with Gasteiger partial charge in [-0.1, -0.05) is 44.9 Å². The number of carbonyl (C=O) groups excluding carboxylic acids is 1. The second-order valence-electron chi connectivity index (χ2n) is 8.68. The van der Waals surface area contributed by atoms with Gasteiger partial charge in [-0.2, -0.15) is 0 Å². The molecule has 0 spiro atoms. The van der Waals surface area contributed by atoms with E-state index in [9.17, 15) is 13.2 Å². The number of nitrogens with two attached hydrogens (primary N) is 1. The number of esters is 1. The van der Waals surface area contributed by atoms with Crippen molar-refractivity contribution in [3.05, 3.63) is 42.5 Å². The summed E-state index contributed by atoms with van der Waals surface area (Å²) in [5.41, 5.74) is 6.71. The summed E-state index contributed by atoms with van der Waals surface area (Å²) in [5, 5.41) is 0. The SMILES string of the molecule is CCCCC1(CC)CN(c2ccccc2)c2cc(SC)c(OCC(N)C(=O)OC)cc2S(=O)(=O)N1. The van der Waals surface area contributed by atoms with Crippen LogP contribution in [0, 0.1) is 0 Å². The Hall–Kier alpha value is -2.27. The van der Waals surface area contributed by atoms with Crippen LogP contribution in [0.5, 0.6) is 5.75 Å². The van der Waals surface area contributed by atoms with E-state index in [2.05, 4.69) is 21.3 Å². The second kappa shape index (κ2) is 11.6. The summed E-state index contributed by atoms with van der Waals surface area (Å²) >= 11 is 1.43. The van der Waals surface area contributed by atoms with Crippen LogP contribution in [0.25, 0.3) is 0 Å². The number of rotatable bonds is 10. The zero-order chi connectivity index (χ0) is 25.6. The van der Waals surface area contributed by atoms with Gasteiger partial charge in [0.25, 0.3) is 0 Å². The molecule has 8 nitrogen and oxygen atoms in total. The van der Waals surface area contributed by atoms with Gasteiger partial charge in [-0.05, 0) is 37.3 Å². The van der Waals surface area contributed by atoms with Crippen molar-refractivity contribution in [1.82, 2.24) is 4.72 Å². The molecule has 1 aliphatic heterocycles. The van der Waals surface area contributed by atoms with Gasteiger partial charge in [-0.15, -0.1) is 11.8 Å². The summed E-state index contributed by atoms with van der Waals surface area (Å²) in [4.78, 5) is 14.7. The van der Waals surface area contributed by atoms with E-state index in [0.29, 0.717) is 24.4 Å². The molecule has 35 heavy (non-hydrogen) atoms. The number of fused-ring (bicyclic) bond motifs is 1. The minimum absolute atomic E-state index is 0.132. The third-order valence-electron chi connectivity index (χ3n) is 6.31. The van der Waals surface area contributed by atoms with Crippen LogP contribution in [0.15, 0.2) is 52.3 Å². The predicted octanol–water partition coefficient (Wildman–Crippen LogP) is 4.06. The maximum Gasteiger partial charge on any atom is 0.326 e. The molecule has 2 atom stereocenters. The van der Waals surface area contributed by atoms with Crippen LogP contribution >= 0.6 is 11.8 Å². The Bertz CT molecular complexity index is 1130. The number of hydrogen-bond donors (Lipinski definition) is 2. The monoisotopic (exact) mass is 521 g/mol. The normalized spacial score (nSPS) is 20.0. The second-order valence-corrected chi connectivity index (χ2v) is 11.2. The molecule has 0 aromatic heterocycles. The molecule has 0 amide bonds. The van der Waals surface area contributed by atoms with Crippen molar-refractivity contribution < 1.29 is 22.7 Å². The Morgan fingerprint density at radius 1 is 1.26 bits per heavy atom. The van der Waals surface area contributed by atoms with Gasteiger partial charge in [0.2, 0.25) is 10.0 Å². The highest BCUT2D eigenvalue weighted by atomic mass is 32.2. The maximum atomic E-state index is 13.8. The Morgan fingerprint density at radius 3 is 2.57 bits per heavy atom. The number of nitrogens with one attached hydrogen (secondary N) is 1. The molecule has 0 saturated carbocycles. The molecule has 0 fully saturated rings. The first-order valence-electron chi connectivity index (χ1n) is 11.7. The lowest BCUT2D eigenvalue weighted by Crippen LogP contribution is -2.52. The van der Waals surface area contributed by atoms with E-state index in [4.69, 9.17) is 10.5 Å². The molecule has 1 heterocycles. The molecular formula is C25H35N3O5S2. The quantitative estimate of drug-likeness (QED) is 0.356. The number of ether oxygens (including phenoxy) is 2. The third-order valence-corrected chi connectivity index (χ3v) is 8.68. The molecule has 10 heteroatoms. The lowest BCUT2D eigenvalue weighted by molar-refractivity contribution is -0.142. The van der Waals surface area contributed by atoms with Crippen molar-refractivity contribution >= 4 is 39.1 Å². The first-order chi connectivity index (χ1) is 16.7. The van der Waals surface area contributed by atoms with E-state index in [0.717, 1.165) is 29.8 Å².